The molecular formula is C9H6Cl2N4. The van der Waals surface area contributed by atoms with Gasteiger partial charge in [-0.15, -0.1) is 0 Å². The van der Waals surface area contributed by atoms with E-state index >= 15 is 0 Å². The molecule has 15 heavy (non-hydrogen) atoms. The third-order valence-corrected chi connectivity index (χ3v) is 2.05. The lowest BCUT2D eigenvalue weighted by molar-refractivity contribution is 1.16. The summed E-state index contributed by atoms with van der Waals surface area (Å²) in [5.41, 5.74) is 0. The molecule has 2 heterocycles. The highest BCUT2D eigenvalue weighted by Crippen LogP contribution is 2.15. The summed E-state index contributed by atoms with van der Waals surface area (Å²) in [4.78, 5) is 11.8. The second-order valence-corrected chi connectivity index (χ2v) is 3.54. The van der Waals surface area contributed by atoms with Gasteiger partial charge in [0.05, 0.1) is 5.02 Å². The molecule has 0 aliphatic carbocycles. The quantitative estimate of drug-likeness (QED) is 0.821. The molecule has 4 nitrogen and oxygen atoms in total. The number of aromatic nitrogens is 3. The van der Waals surface area contributed by atoms with Crippen molar-refractivity contribution >= 4 is 34.8 Å². The van der Waals surface area contributed by atoms with E-state index in [1.807, 2.05) is 0 Å². The molecule has 76 valence electrons. The molecule has 0 amide bonds. The molecule has 1 N–H and O–H groups in total. The van der Waals surface area contributed by atoms with E-state index in [-0.39, 0.29) is 0 Å². The number of hydrogen-bond acceptors (Lipinski definition) is 4. The predicted octanol–water partition coefficient (Wildman–Crippen LogP) is 2.92. The van der Waals surface area contributed by atoms with Crippen molar-refractivity contribution in [1.29, 1.82) is 0 Å². The van der Waals surface area contributed by atoms with E-state index in [1.165, 1.54) is 6.33 Å². The molecule has 0 bridgehead atoms. The van der Waals surface area contributed by atoms with E-state index in [2.05, 4.69) is 20.3 Å². The van der Waals surface area contributed by atoms with Crippen LogP contribution in [-0.2, 0) is 0 Å². The van der Waals surface area contributed by atoms with Gasteiger partial charge in [0.2, 0.25) is 0 Å². The monoisotopic (exact) mass is 240 g/mol. The average molecular weight is 241 g/mol. The number of nitrogens with one attached hydrogen (secondary N) is 1. The number of anilines is 2. The molecule has 0 radical (unpaired) electrons. The van der Waals surface area contributed by atoms with E-state index in [9.17, 15) is 0 Å². The first-order valence-corrected chi connectivity index (χ1v) is 4.86. The molecule has 0 saturated heterocycles. The Hall–Kier alpha value is -1.39. The zero-order chi connectivity index (χ0) is 10.7. The Morgan fingerprint density at radius 1 is 1.00 bits per heavy atom. The largest absolute Gasteiger partial charge is 0.325 e. The van der Waals surface area contributed by atoms with Crippen molar-refractivity contribution < 1.29 is 0 Å². The minimum atomic E-state index is 0.376. The van der Waals surface area contributed by atoms with Gasteiger partial charge in [-0.1, -0.05) is 23.2 Å². The number of nitrogens with zero attached hydrogens (tertiary/aromatic N) is 3. The van der Waals surface area contributed by atoms with Crippen molar-refractivity contribution in [2.75, 3.05) is 5.32 Å². The fraction of sp³-hybridized carbons (Fsp3) is 0. The standard InChI is InChI=1S/C9H6Cl2N4/c10-6-1-2-8(12-4-6)15-9-3-7(11)13-5-14-9/h1-5H,(H,12,13,14,15). The van der Waals surface area contributed by atoms with Crippen LogP contribution in [0.4, 0.5) is 11.6 Å². The van der Waals surface area contributed by atoms with Crippen molar-refractivity contribution in [3.8, 4) is 0 Å². The maximum Gasteiger partial charge on any atom is 0.136 e. The molecule has 0 atom stereocenters. The molecule has 0 aliphatic heterocycles. The Balaban J connectivity index is 2.18. The van der Waals surface area contributed by atoms with Crippen LogP contribution >= 0.6 is 23.2 Å². The molecule has 0 aromatic carbocycles. The lowest BCUT2D eigenvalue weighted by Crippen LogP contribution is -1.95. The van der Waals surface area contributed by atoms with Crippen molar-refractivity contribution in [2.24, 2.45) is 0 Å². The molecule has 2 aromatic rings. The third kappa shape index (κ3) is 2.78. The van der Waals surface area contributed by atoms with Crippen LogP contribution in [-0.4, -0.2) is 15.0 Å². The first-order chi connectivity index (χ1) is 7.24. The van der Waals surface area contributed by atoms with Gasteiger partial charge in [-0.25, -0.2) is 15.0 Å². The van der Waals surface area contributed by atoms with Crippen molar-refractivity contribution in [1.82, 2.24) is 15.0 Å². The second-order valence-electron chi connectivity index (χ2n) is 2.71. The van der Waals surface area contributed by atoms with Crippen LogP contribution in [0.3, 0.4) is 0 Å². The van der Waals surface area contributed by atoms with Gasteiger partial charge in [-0.2, -0.15) is 0 Å². The first-order valence-electron chi connectivity index (χ1n) is 4.10. The predicted molar refractivity (Wildman–Crippen MR) is 59.6 cm³/mol. The second kappa shape index (κ2) is 4.42. The van der Waals surface area contributed by atoms with Crippen molar-refractivity contribution in [3.05, 3.63) is 40.9 Å². The van der Waals surface area contributed by atoms with Crippen LogP contribution in [0.2, 0.25) is 10.2 Å². The molecule has 0 unspecified atom stereocenters. The summed E-state index contributed by atoms with van der Waals surface area (Å²) in [5, 5.41) is 3.93. The van der Waals surface area contributed by atoms with E-state index in [4.69, 9.17) is 23.2 Å². The van der Waals surface area contributed by atoms with Gasteiger partial charge >= 0.3 is 0 Å². The van der Waals surface area contributed by atoms with Gasteiger partial charge in [-0.3, -0.25) is 0 Å². The number of hydrogen-bond donors (Lipinski definition) is 1. The van der Waals surface area contributed by atoms with Crippen LogP contribution in [0, 0.1) is 0 Å². The van der Waals surface area contributed by atoms with E-state index in [0.717, 1.165) is 0 Å². The Labute approximate surface area is 96.3 Å². The van der Waals surface area contributed by atoms with Gasteiger partial charge in [-0.05, 0) is 12.1 Å². The highest BCUT2D eigenvalue weighted by atomic mass is 35.5. The molecule has 0 spiro atoms. The van der Waals surface area contributed by atoms with E-state index < -0.39 is 0 Å². The average Bonchev–Trinajstić information content (AvgIpc) is 2.22. The minimum absolute atomic E-state index is 0.376. The Bertz CT molecular complexity index is 458. The smallest absolute Gasteiger partial charge is 0.136 e. The SMILES string of the molecule is Clc1ccc(Nc2cc(Cl)ncn2)nc1. The Morgan fingerprint density at radius 2 is 1.87 bits per heavy atom. The molecular weight excluding hydrogens is 235 g/mol. The van der Waals surface area contributed by atoms with Gasteiger partial charge < -0.3 is 5.32 Å². The van der Waals surface area contributed by atoms with Crippen molar-refractivity contribution in [3.63, 3.8) is 0 Å². The van der Waals surface area contributed by atoms with Crippen LogP contribution in [0.5, 0.6) is 0 Å². The Morgan fingerprint density at radius 3 is 2.53 bits per heavy atom. The topological polar surface area (TPSA) is 50.7 Å². The van der Waals surface area contributed by atoms with E-state index in [0.29, 0.717) is 21.8 Å². The van der Waals surface area contributed by atoms with Gasteiger partial charge in [0.25, 0.3) is 0 Å². The number of rotatable bonds is 2. The molecule has 2 rings (SSSR count). The zero-order valence-corrected chi connectivity index (χ0v) is 9.00. The summed E-state index contributed by atoms with van der Waals surface area (Å²) in [6.45, 7) is 0. The van der Waals surface area contributed by atoms with E-state index in [1.54, 1.807) is 24.4 Å². The Kier molecular flexibility index (Phi) is 2.99. The van der Waals surface area contributed by atoms with Crippen LogP contribution in [0.25, 0.3) is 0 Å². The summed E-state index contributed by atoms with van der Waals surface area (Å²) < 4.78 is 0. The molecule has 0 aliphatic rings. The summed E-state index contributed by atoms with van der Waals surface area (Å²) in [5.74, 6) is 1.24. The van der Waals surface area contributed by atoms with Crippen LogP contribution in [0.1, 0.15) is 0 Å². The molecule has 6 heteroatoms. The highest BCUT2D eigenvalue weighted by Gasteiger charge is 1.98. The first kappa shape index (κ1) is 10.1. The highest BCUT2D eigenvalue weighted by molar-refractivity contribution is 6.30. The fourth-order valence-corrected chi connectivity index (χ4v) is 1.24. The van der Waals surface area contributed by atoms with Crippen LogP contribution < -0.4 is 5.32 Å². The summed E-state index contributed by atoms with van der Waals surface area (Å²) in [6, 6.07) is 5.09. The number of halogens is 2. The zero-order valence-electron chi connectivity index (χ0n) is 7.48. The number of pyridine rings is 1. The molecule has 0 fully saturated rings. The van der Waals surface area contributed by atoms with Crippen LogP contribution in [0.15, 0.2) is 30.7 Å². The summed E-state index contributed by atoms with van der Waals surface area (Å²) in [6.07, 6.45) is 2.92. The maximum atomic E-state index is 5.70. The van der Waals surface area contributed by atoms with Gasteiger partial charge in [0, 0.05) is 12.3 Å². The maximum absolute atomic E-state index is 5.70. The van der Waals surface area contributed by atoms with Gasteiger partial charge in [0.1, 0.15) is 23.1 Å². The van der Waals surface area contributed by atoms with Gasteiger partial charge in [0.15, 0.2) is 0 Å². The summed E-state index contributed by atoms with van der Waals surface area (Å²) >= 11 is 11.4. The minimum Gasteiger partial charge on any atom is -0.325 e. The normalized spacial score (nSPS) is 10.0. The summed E-state index contributed by atoms with van der Waals surface area (Å²) in [7, 11) is 0. The lowest BCUT2D eigenvalue weighted by Gasteiger charge is -2.03. The van der Waals surface area contributed by atoms with Crippen molar-refractivity contribution in [2.45, 2.75) is 0 Å². The molecule has 2 aromatic heterocycles. The third-order valence-electron chi connectivity index (χ3n) is 1.62. The lowest BCUT2D eigenvalue weighted by atomic mass is 10.4. The molecule has 0 saturated carbocycles. The fourth-order valence-electron chi connectivity index (χ4n) is 0.983.